The van der Waals surface area contributed by atoms with E-state index < -0.39 is 6.67 Å². The minimum atomic E-state index is -0.510. The molecule has 1 rings (SSSR count). The Bertz CT molecular complexity index is 199. The zero-order chi connectivity index (χ0) is 10.6. The third kappa shape index (κ3) is 2.86. The van der Waals surface area contributed by atoms with E-state index in [1.165, 1.54) is 0 Å². The molecule has 0 aliphatic heterocycles. The number of amides is 2. The van der Waals surface area contributed by atoms with Crippen LogP contribution in [0, 0.1) is 11.8 Å². The van der Waals surface area contributed by atoms with Crippen molar-refractivity contribution in [3.8, 4) is 0 Å². The van der Waals surface area contributed by atoms with Crippen molar-refractivity contribution in [2.45, 2.75) is 32.7 Å². The van der Waals surface area contributed by atoms with Gasteiger partial charge in [-0.05, 0) is 24.7 Å². The van der Waals surface area contributed by atoms with Crippen LogP contribution in [0.1, 0.15) is 26.7 Å². The first-order chi connectivity index (χ1) is 6.65. The largest absolute Gasteiger partial charge is 0.336 e. The molecular weight excluding hydrogens is 183 g/mol. The van der Waals surface area contributed by atoms with Gasteiger partial charge in [0, 0.05) is 12.6 Å². The first kappa shape index (κ1) is 11.3. The second-order valence-corrected chi connectivity index (χ2v) is 4.11. The van der Waals surface area contributed by atoms with E-state index in [1.807, 2.05) is 0 Å². The maximum absolute atomic E-state index is 11.8. The summed E-state index contributed by atoms with van der Waals surface area (Å²) in [6.45, 7) is 3.94. The third-order valence-corrected chi connectivity index (χ3v) is 3.16. The van der Waals surface area contributed by atoms with E-state index in [2.05, 4.69) is 24.5 Å². The van der Waals surface area contributed by atoms with Crippen molar-refractivity contribution in [3.05, 3.63) is 0 Å². The molecule has 3 unspecified atom stereocenters. The zero-order valence-electron chi connectivity index (χ0n) is 8.85. The Morgan fingerprint density at radius 3 is 2.64 bits per heavy atom. The van der Waals surface area contributed by atoms with E-state index >= 15 is 0 Å². The van der Waals surface area contributed by atoms with E-state index in [-0.39, 0.29) is 18.6 Å². The van der Waals surface area contributed by atoms with Gasteiger partial charge in [-0.1, -0.05) is 13.8 Å². The van der Waals surface area contributed by atoms with Crippen LogP contribution in [0.5, 0.6) is 0 Å². The molecular formula is C10H19FN2O. The van der Waals surface area contributed by atoms with Gasteiger partial charge in [-0.25, -0.2) is 9.18 Å². The molecule has 0 heterocycles. The number of carbonyl (C=O) groups is 1. The summed E-state index contributed by atoms with van der Waals surface area (Å²) < 4.78 is 11.8. The van der Waals surface area contributed by atoms with Gasteiger partial charge in [0.1, 0.15) is 6.67 Å². The van der Waals surface area contributed by atoms with Gasteiger partial charge in [0.05, 0.1) is 0 Å². The van der Waals surface area contributed by atoms with Crippen LogP contribution < -0.4 is 10.6 Å². The number of nitrogens with one attached hydrogen (secondary N) is 2. The Labute approximate surface area is 84.4 Å². The molecule has 3 atom stereocenters. The quantitative estimate of drug-likeness (QED) is 0.718. The van der Waals surface area contributed by atoms with E-state index in [0.29, 0.717) is 11.8 Å². The zero-order valence-corrected chi connectivity index (χ0v) is 8.85. The van der Waals surface area contributed by atoms with Crippen molar-refractivity contribution in [3.63, 3.8) is 0 Å². The number of alkyl halides is 1. The van der Waals surface area contributed by atoms with Gasteiger partial charge in [-0.2, -0.15) is 0 Å². The van der Waals surface area contributed by atoms with Gasteiger partial charge in [-0.15, -0.1) is 0 Å². The minimum absolute atomic E-state index is 0.0997. The lowest BCUT2D eigenvalue weighted by Crippen LogP contribution is -2.44. The van der Waals surface area contributed by atoms with Gasteiger partial charge in [0.15, 0.2) is 0 Å². The van der Waals surface area contributed by atoms with Crippen LogP contribution >= 0.6 is 0 Å². The number of urea groups is 1. The maximum atomic E-state index is 11.8. The van der Waals surface area contributed by atoms with Gasteiger partial charge in [-0.3, -0.25) is 0 Å². The second-order valence-electron chi connectivity index (χ2n) is 4.11. The van der Waals surface area contributed by atoms with E-state index in [0.717, 1.165) is 12.8 Å². The summed E-state index contributed by atoms with van der Waals surface area (Å²) in [6.07, 6.45) is 2.20. The molecule has 3 nitrogen and oxygen atoms in total. The summed E-state index contributed by atoms with van der Waals surface area (Å²) >= 11 is 0. The smallest absolute Gasteiger partial charge is 0.315 e. The van der Waals surface area contributed by atoms with Crippen molar-refractivity contribution in [1.82, 2.24) is 10.6 Å². The molecule has 2 amide bonds. The predicted molar refractivity (Wildman–Crippen MR) is 53.9 cm³/mol. The van der Waals surface area contributed by atoms with E-state index in [1.54, 1.807) is 0 Å². The lowest BCUT2D eigenvalue weighted by Gasteiger charge is -2.19. The number of carbonyl (C=O) groups excluding carboxylic acids is 1. The van der Waals surface area contributed by atoms with Gasteiger partial charge in [0.2, 0.25) is 0 Å². The van der Waals surface area contributed by atoms with Crippen LogP contribution in [0.2, 0.25) is 0 Å². The van der Waals surface area contributed by atoms with Crippen LogP contribution in [0.4, 0.5) is 9.18 Å². The van der Waals surface area contributed by atoms with Crippen LogP contribution in [-0.2, 0) is 0 Å². The van der Waals surface area contributed by atoms with Crippen LogP contribution in [-0.4, -0.2) is 25.3 Å². The fourth-order valence-corrected chi connectivity index (χ4v) is 1.95. The third-order valence-electron chi connectivity index (χ3n) is 3.16. The Morgan fingerprint density at radius 2 is 2.14 bits per heavy atom. The van der Waals surface area contributed by atoms with Gasteiger partial charge in [0.25, 0.3) is 0 Å². The van der Waals surface area contributed by atoms with E-state index in [9.17, 15) is 9.18 Å². The molecule has 1 saturated carbocycles. The van der Waals surface area contributed by atoms with Crippen molar-refractivity contribution in [1.29, 1.82) is 0 Å². The van der Waals surface area contributed by atoms with E-state index in [4.69, 9.17) is 0 Å². The molecule has 0 aromatic heterocycles. The summed E-state index contributed by atoms with van der Waals surface area (Å²) in [5, 5.41) is 5.35. The summed E-state index contributed by atoms with van der Waals surface area (Å²) in [5.41, 5.74) is 0. The topological polar surface area (TPSA) is 41.1 Å². The molecule has 0 radical (unpaired) electrons. The minimum Gasteiger partial charge on any atom is -0.336 e. The van der Waals surface area contributed by atoms with Gasteiger partial charge < -0.3 is 10.6 Å². The van der Waals surface area contributed by atoms with Crippen LogP contribution in [0.3, 0.4) is 0 Å². The van der Waals surface area contributed by atoms with Crippen molar-refractivity contribution >= 4 is 6.03 Å². The molecule has 0 aromatic carbocycles. The summed E-state index contributed by atoms with van der Waals surface area (Å²) in [5.74, 6) is 1.19. The monoisotopic (exact) mass is 202 g/mol. The number of halogens is 1. The highest BCUT2D eigenvalue weighted by atomic mass is 19.1. The normalized spacial score (nSPS) is 31.5. The maximum Gasteiger partial charge on any atom is 0.315 e. The number of rotatable bonds is 3. The molecule has 0 spiro atoms. The van der Waals surface area contributed by atoms with Crippen LogP contribution in [0.25, 0.3) is 0 Å². The lowest BCUT2D eigenvalue weighted by molar-refractivity contribution is 0.231. The lowest BCUT2D eigenvalue weighted by atomic mass is 9.98. The molecule has 1 aliphatic carbocycles. The van der Waals surface area contributed by atoms with Crippen molar-refractivity contribution < 1.29 is 9.18 Å². The highest BCUT2D eigenvalue weighted by Gasteiger charge is 2.30. The average Bonchev–Trinajstić information content (AvgIpc) is 2.46. The summed E-state index contributed by atoms with van der Waals surface area (Å²) in [4.78, 5) is 11.2. The first-order valence-corrected chi connectivity index (χ1v) is 5.25. The molecule has 0 aromatic rings. The Hall–Kier alpha value is -0.800. The number of hydrogen-bond donors (Lipinski definition) is 2. The molecule has 4 heteroatoms. The Balaban J connectivity index is 2.27. The highest BCUT2D eigenvalue weighted by molar-refractivity contribution is 5.74. The van der Waals surface area contributed by atoms with Crippen LogP contribution in [0.15, 0.2) is 0 Å². The fourth-order valence-electron chi connectivity index (χ4n) is 1.95. The molecule has 14 heavy (non-hydrogen) atoms. The number of hydrogen-bond acceptors (Lipinski definition) is 1. The molecule has 1 aliphatic rings. The highest BCUT2D eigenvalue weighted by Crippen LogP contribution is 2.30. The Kier molecular flexibility index (Phi) is 4.17. The predicted octanol–water partition coefficient (Wildman–Crippen LogP) is 1.69. The van der Waals surface area contributed by atoms with Gasteiger partial charge >= 0.3 is 6.03 Å². The molecule has 0 saturated heterocycles. The molecule has 82 valence electrons. The SMILES string of the molecule is CC1CCC(NC(=O)NCCF)C1C. The average molecular weight is 202 g/mol. The first-order valence-electron chi connectivity index (χ1n) is 5.25. The summed E-state index contributed by atoms with van der Waals surface area (Å²) in [7, 11) is 0. The standard InChI is InChI=1S/C10H19FN2O/c1-7-3-4-9(8(7)2)13-10(14)12-6-5-11/h7-9H,3-6H2,1-2H3,(H2,12,13,14). The van der Waals surface area contributed by atoms with Crippen molar-refractivity contribution in [2.24, 2.45) is 11.8 Å². The van der Waals surface area contributed by atoms with Crippen molar-refractivity contribution in [2.75, 3.05) is 13.2 Å². The molecule has 2 N–H and O–H groups in total. The summed E-state index contributed by atoms with van der Waals surface area (Å²) in [6, 6.07) is 0.0122. The molecule has 1 fully saturated rings. The molecule has 0 bridgehead atoms. The Morgan fingerprint density at radius 1 is 1.43 bits per heavy atom. The fraction of sp³-hybridized carbons (Fsp3) is 0.900. The second kappa shape index (κ2) is 5.17.